The molecule has 1 N–H and O–H groups in total. The first kappa shape index (κ1) is 31.2. The molecule has 6 rings (SSSR count). The number of nitrogens with one attached hydrogen (secondary N) is 1. The van der Waals surface area contributed by atoms with Crippen molar-refractivity contribution < 1.29 is 27.9 Å². The Morgan fingerprint density at radius 1 is 1.07 bits per heavy atom. The van der Waals surface area contributed by atoms with Crippen molar-refractivity contribution in [1.82, 2.24) is 20.0 Å². The summed E-state index contributed by atoms with van der Waals surface area (Å²) in [5.74, 6) is -2.01. The molecule has 12 heteroatoms. The number of aldehydes is 1. The van der Waals surface area contributed by atoms with Crippen molar-refractivity contribution in [2.75, 3.05) is 27.2 Å². The van der Waals surface area contributed by atoms with Gasteiger partial charge in [-0.1, -0.05) is 30.4 Å². The number of hydrogen-bond acceptors (Lipinski definition) is 7. The molecule has 2 amide bonds. The average Bonchev–Trinajstić information content (AvgIpc) is 3.55. The van der Waals surface area contributed by atoms with Crippen molar-refractivity contribution in [2.45, 2.75) is 19.9 Å². The third-order valence-corrected chi connectivity index (χ3v) is 7.85. The van der Waals surface area contributed by atoms with Crippen LogP contribution in [-0.2, 0) is 13.0 Å². The molecule has 0 aliphatic carbocycles. The lowest BCUT2D eigenvalue weighted by molar-refractivity contribution is 0.0632. The molecular weight excluding hydrogens is 630 g/mol. The number of hydrogen-bond donors (Lipinski definition) is 1. The van der Waals surface area contributed by atoms with Gasteiger partial charge in [0, 0.05) is 12.6 Å². The van der Waals surface area contributed by atoms with Gasteiger partial charge in [-0.3, -0.25) is 24.0 Å². The lowest BCUT2D eigenvalue weighted by atomic mass is 10.0. The van der Waals surface area contributed by atoms with E-state index in [0.29, 0.717) is 34.6 Å². The summed E-state index contributed by atoms with van der Waals surface area (Å²) >= 11 is 4.84. The van der Waals surface area contributed by atoms with Gasteiger partial charge in [0.2, 0.25) is 0 Å². The minimum Gasteiger partial charge on any atom is -0.481 e. The second-order valence-electron chi connectivity index (χ2n) is 9.73. The maximum Gasteiger partial charge on any atom is 0.261 e. The van der Waals surface area contributed by atoms with E-state index < -0.39 is 11.6 Å². The fourth-order valence-corrected chi connectivity index (χ4v) is 6.02. The van der Waals surface area contributed by atoms with E-state index in [1.165, 1.54) is 28.4 Å². The summed E-state index contributed by atoms with van der Waals surface area (Å²) in [4.78, 5) is 37.2. The van der Waals surface area contributed by atoms with Gasteiger partial charge in [-0.15, -0.1) is 0 Å². The second kappa shape index (κ2) is 14.0. The molecule has 220 valence electrons. The van der Waals surface area contributed by atoms with Crippen LogP contribution in [0, 0.1) is 17.6 Å². The maximum atomic E-state index is 13.2. The molecule has 0 saturated heterocycles. The molecule has 2 aliphatic rings. The highest BCUT2D eigenvalue weighted by atomic mass is 79.9. The lowest BCUT2D eigenvalue weighted by Crippen LogP contribution is -2.34. The number of thiophene rings is 1. The SMILES string of the molecule is CC(Cc1cc(F)cc(F)c1)CN1C(=O)c2ccccc2C1=O.CNC.O=Cc1cc2c(s1)OCCn1ncc(Br)c1-2. The van der Waals surface area contributed by atoms with Crippen molar-refractivity contribution in [2.24, 2.45) is 5.92 Å². The van der Waals surface area contributed by atoms with Crippen LogP contribution < -0.4 is 10.1 Å². The van der Waals surface area contributed by atoms with E-state index in [9.17, 15) is 23.2 Å². The number of amides is 2. The van der Waals surface area contributed by atoms with Gasteiger partial charge in [0.1, 0.15) is 18.2 Å². The van der Waals surface area contributed by atoms with Gasteiger partial charge in [0.15, 0.2) is 11.3 Å². The Balaban J connectivity index is 0.000000185. The molecule has 2 aromatic carbocycles. The van der Waals surface area contributed by atoms with Crippen molar-refractivity contribution in [3.8, 4) is 16.3 Å². The van der Waals surface area contributed by atoms with E-state index >= 15 is 0 Å². The number of rotatable bonds is 5. The molecule has 2 aliphatic heterocycles. The summed E-state index contributed by atoms with van der Waals surface area (Å²) in [6.07, 6.45) is 2.99. The highest BCUT2D eigenvalue weighted by Gasteiger charge is 2.35. The predicted octanol–water partition coefficient (Wildman–Crippen LogP) is 5.85. The lowest BCUT2D eigenvalue weighted by Gasteiger charge is -2.19. The smallest absolute Gasteiger partial charge is 0.261 e. The Hall–Kier alpha value is -3.74. The van der Waals surface area contributed by atoms with Crippen LogP contribution in [-0.4, -0.2) is 60.0 Å². The standard InChI is InChI=1S/C18H15F2NO2.C10H7BrN2O2S.C2H7N/c1-11(6-12-7-13(19)9-14(20)8-12)10-21-17(22)15-4-2-3-5-16(15)18(21)23;11-8-4-12-13-1-2-15-10-7(9(8)13)3-6(5-14)16-10;1-3-2/h2-5,7-9,11H,6,10H2,1H3;3-5H,1-2H2;3H,1-2H3. The van der Waals surface area contributed by atoms with E-state index in [1.807, 2.05) is 31.8 Å². The number of halogens is 3. The van der Waals surface area contributed by atoms with Crippen LogP contribution in [0.2, 0.25) is 0 Å². The van der Waals surface area contributed by atoms with Crippen LogP contribution >= 0.6 is 27.3 Å². The summed E-state index contributed by atoms with van der Waals surface area (Å²) in [7, 11) is 3.75. The molecule has 4 aromatic rings. The first-order valence-corrected chi connectivity index (χ1v) is 14.7. The highest BCUT2D eigenvalue weighted by Crippen LogP contribution is 2.42. The zero-order valence-electron chi connectivity index (χ0n) is 23.2. The van der Waals surface area contributed by atoms with Gasteiger partial charge in [0.05, 0.1) is 44.5 Å². The molecule has 4 heterocycles. The summed E-state index contributed by atoms with van der Waals surface area (Å²) in [5, 5.41) is 7.80. The number of carbonyl (C=O) groups excluding carboxylic acids is 3. The summed E-state index contributed by atoms with van der Waals surface area (Å²) in [6.45, 7) is 3.35. The predicted molar refractivity (Wildman–Crippen MR) is 160 cm³/mol. The van der Waals surface area contributed by atoms with Crippen LogP contribution in [0.25, 0.3) is 11.3 Å². The Morgan fingerprint density at radius 3 is 2.29 bits per heavy atom. The number of imide groups is 1. The number of aromatic nitrogens is 2. The van der Waals surface area contributed by atoms with Gasteiger partial charge < -0.3 is 10.1 Å². The summed E-state index contributed by atoms with van der Waals surface area (Å²) < 4.78 is 34.9. The largest absolute Gasteiger partial charge is 0.481 e. The topological polar surface area (TPSA) is 93.5 Å². The molecule has 0 bridgehead atoms. The number of ether oxygens (including phenoxy) is 1. The minimum atomic E-state index is -0.632. The first-order chi connectivity index (χ1) is 20.2. The molecule has 1 atom stereocenters. The number of carbonyl (C=O) groups is 3. The van der Waals surface area contributed by atoms with Crippen molar-refractivity contribution in [3.05, 3.63) is 92.4 Å². The molecule has 0 spiro atoms. The van der Waals surface area contributed by atoms with E-state index in [-0.39, 0.29) is 24.3 Å². The Morgan fingerprint density at radius 2 is 1.69 bits per heavy atom. The van der Waals surface area contributed by atoms with Crippen LogP contribution in [0.5, 0.6) is 5.06 Å². The Kier molecular flexibility index (Phi) is 10.4. The maximum absolute atomic E-state index is 13.2. The van der Waals surface area contributed by atoms with E-state index in [2.05, 4.69) is 26.3 Å². The van der Waals surface area contributed by atoms with Crippen LogP contribution in [0.4, 0.5) is 8.78 Å². The van der Waals surface area contributed by atoms with Crippen LogP contribution in [0.3, 0.4) is 0 Å². The summed E-state index contributed by atoms with van der Waals surface area (Å²) in [6, 6.07) is 11.9. The van der Waals surface area contributed by atoms with E-state index in [1.54, 1.807) is 30.5 Å². The van der Waals surface area contributed by atoms with Crippen LogP contribution in [0.15, 0.2) is 59.2 Å². The molecular formula is C30H29BrF2N4O4S. The van der Waals surface area contributed by atoms with Crippen molar-refractivity contribution >= 4 is 45.4 Å². The summed E-state index contributed by atoms with van der Waals surface area (Å²) in [5.41, 5.74) is 3.24. The average molecular weight is 660 g/mol. The fourth-order valence-electron chi connectivity index (χ4n) is 4.66. The highest BCUT2D eigenvalue weighted by molar-refractivity contribution is 9.10. The van der Waals surface area contributed by atoms with E-state index in [0.717, 1.165) is 39.7 Å². The van der Waals surface area contributed by atoms with Gasteiger partial charge in [-0.2, -0.15) is 5.10 Å². The second-order valence-corrected chi connectivity index (χ2v) is 11.6. The Bertz CT molecular complexity index is 1550. The van der Waals surface area contributed by atoms with Gasteiger partial charge in [0.25, 0.3) is 11.8 Å². The van der Waals surface area contributed by atoms with Crippen molar-refractivity contribution in [1.29, 1.82) is 0 Å². The molecule has 8 nitrogen and oxygen atoms in total. The number of fused-ring (bicyclic) bond motifs is 4. The third kappa shape index (κ3) is 7.00. The van der Waals surface area contributed by atoms with E-state index in [4.69, 9.17) is 4.74 Å². The molecule has 42 heavy (non-hydrogen) atoms. The normalized spacial score (nSPS) is 13.8. The molecule has 1 unspecified atom stereocenters. The Labute approximate surface area is 254 Å². The molecule has 0 fully saturated rings. The van der Waals surface area contributed by atoms with Crippen LogP contribution in [0.1, 0.15) is 42.9 Å². The minimum absolute atomic E-state index is 0.113. The molecule has 0 saturated carbocycles. The zero-order valence-corrected chi connectivity index (χ0v) is 25.6. The van der Waals surface area contributed by atoms with Gasteiger partial charge in [-0.25, -0.2) is 8.78 Å². The molecule has 2 aromatic heterocycles. The van der Waals surface area contributed by atoms with Crippen molar-refractivity contribution in [3.63, 3.8) is 0 Å². The monoisotopic (exact) mass is 658 g/mol. The fraction of sp³-hybridized carbons (Fsp3) is 0.267. The van der Waals surface area contributed by atoms with Gasteiger partial charge in [-0.05, 0) is 78.3 Å². The number of benzene rings is 2. The number of nitrogens with zero attached hydrogens (tertiary/aromatic N) is 3. The first-order valence-electron chi connectivity index (χ1n) is 13.1. The molecule has 0 radical (unpaired) electrons. The van der Waals surface area contributed by atoms with Gasteiger partial charge >= 0.3 is 0 Å². The quantitative estimate of drug-likeness (QED) is 0.214. The third-order valence-electron chi connectivity index (χ3n) is 6.30. The zero-order chi connectivity index (χ0) is 30.4.